The highest BCUT2D eigenvalue weighted by Gasteiger charge is 2.31. The molecule has 0 amide bonds. The molecule has 2 rings (SSSR count). The Bertz CT molecular complexity index is 306. The third-order valence-corrected chi connectivity index (χ3v) is 3.17. The highest BCUT2D eigenvalue weighted by Crippen LogP contribution is 2.34. The molecular formula is C11H15Cl2N. The van der Waals surface area contributed by atoms with E-state index in [1.807, 2.05) is 18.2 Å². The van der Waals surface area contributed by atoms with Gasteiger partial charge in [-0.2, -0.15) is 0 Å². The molecule has 14 heavy (non-hydrogen) atoms. The number of nitrogens with one attached hydrogen (secondary N) is 1. The van der Waals surface area contributed by atoms with Crippen LogP contribution < -0.4 is 5.32 Å². The number of benzene rings is 1. The fourth-order valence-electron chi connectivity index (χ4n) is 2.03. The van der Waals surface area contributed by atoms with E-state index in [1.165, 1.54) is 18.4 Å². The average molecular weight is 232 g/mol. The van der Waals surface area contributed by atoms with Crippen LogP contribution in [0.25, 0.3) is 0 Å². The molecule has 0 spiro atoms. The predicted molar refractivity (Wildman–Crippen MR) is 63.3 cm³/mol. The van der Waals surface area contributed by atoms with E-state index in [4.69, 9.17) is 11.6 Å². The fourth-order valence-corrected chi connectivity index (χ4v) is 2.38. The Kier molecular flexibility index (Phi) is 3.82. The quantitative estimate of drug-likeness (QED) is 0.782. The van der Waals surface area contributed by atoms with Crippen molar-refractivity contribution >= 4 is 24.0 Å². The van der Waals surface area contributed by atoms with Crippen LogP contribution in [-0.4, -0.2) is 6.54 Å². The lowest BCUT2D eigenvalue weighted by Gasteiger charge is -2.25. The largest absolute Gasteiger partial charge is 0.308 e. The maximum atomic E-state index is 6.15. The smallest absolute Gasteiger partial charge is 0.0456 e. The molecule has 1 unspecified atom stereocenters. The lowest BCUT2D eigenvalue weighted by atomic mass is 9.91. The first-order valence-corrected chi connectivity index (χ1v) is 5.10. The lowest BCUT2D eigenvalue weighted by molar-refractivity contribution is 0.435. The maximum Gasteiger partial charge on any atom is 0.0456 e. The van der Waals surface area contributed by atoms with Crippen LogP contribution in [0.4, 0.5) is 0 Å². The van der Waals surface area contributed by atoms with Crippen LogP contribution in [0.2, 0.25) is 5.02 Å². The van der Waals surface area contributed by atoms with Crippen molar-refractivity contribution in [3.8, 4) is 0 Å². The Labute approximate surface area is 96.3 Å². The van der Waals surface area contributed by atoms with Gasteiger partial charge in [0.2, 0.25) is 0 Å². The minimum absolute atomic E-state index is 0. The molecule has 0 aliphatic carbocycles. The zero-order valence-electron chi connectivity index (χ0n) is 8.22. The molecule has 1 aliphatic heterocycles. The summed E-state index contributed by atoms with van der Waals surface area (Å²) in [4.78, 5) is 0. The minimum Gasteiger partial charge on any atom is -0.308 e. The molecule has 1 fully saturated rings. The summed E-state index contributed by atoms with van der Waals surface area (Å²) in [5.41, 5.74) is 1.33. The molecule has 1 nitrogen and oxygen atoms in total. The van der Waals surface area contributed by atoms with Gasteiger partial charge in [-0.15, -0.1) is 12.4 Å². The van der Waals surface area contributed by atoms with Gasteiger partial charge in [0.1, 0.15) is 0 Å². The second-order valence-corrected chi connectivity index (χ2v) is 4.25. The third-order valence-electron chi connectivity index (χ3n) is 2.84. The van der Waals surface area contributed by atoms with Gasteiger partial charge in [0.25, 0.3) is 0 Å². The first-order valence-electron chi connectivity index (χ1n) is 4.72. The normalized spacial score (nSPS) is 25.9. The van der Waals surface area contributed by atoms with Gasteiger partial charge in [0, 0.05) is 10.6 Å². The van der Waals surface area contributed by atoms with Gasteiger partial charge in [-0.25, -0.2) is 0 Å². The van der Waals surface area contributed by atoms with Crippen molar-refractivity contribution in [3.05, 3.63) is 34.9 Å². The summed E-state index contributed by atoms with van der Waals surface area (Å²) in [7, 11) is 0. The number of hydrogen-bond donors (Lipinski definition) is 1. The average Bonchev–Trinajstić information content (AvgIpc) is 2.54. The van der Waals surface area contributed by atoms with Gasteiger partial charge in [-0.3, -0.25) is 0 Å². The van der Waals surface area contributed by atoms with Crippen LogP contribution in [0.1, 0.15) is 25.3 Å². The summed E-state index contributed by atoms with van der Waals surface area (Å²) in [5.74, 6) is 0. The Hall–Kier alpha value is -0.240. The van der Waals surface area contributed by atoms with E-state index < -0.39 is 0 Å². The SMILES string of the molecule is CC1(c2ccccc2Cl)CCCN1.Cl. The Morgan fingerprint density at radius 3 is 2.64 bits per heavy atom. The highest BCUT2D eigenvalue weighted by atomic mass is 35.5. The van der Waals surface area contributed by atoms with Crippen molar-refractivity contribution in [3.63, 3.8) is 0 Å². The summed E-state index contributed by atoms with van der Waals surface area (Å²) in [6.07, 6.45) is 2.42. The molecule has 0 saturated carbocycles. The van der Waals surface area contributed by atoms with Crippen LogP contribution >= 0.6 is 24.0 Å². The van der Waals surface area contributed by atoms with Gasteiger partial charge in [0.15, 0.2) is 0 Å². The molecule has 1 aromatic carbocycles. The zero-order valence-corrected chi connectivity index (χ0v) is 9.79. The van der Waals surface area contributed by atoms with Gasteiger partial charge >= 0.3 is 0 Å². The van der Waals surface area contributed by atoms with E-state index >= 15 is 0 Å². The summed E-state index contributed by atoms with van der Waals surface area (Å²) in [6.45, 7) is 3.32. The van der Waals surface area contributed by atoms with Crippen LogP contribution in [-0.2, 0) is 5.54 Å². The standard InChI is InChI=1S/C11H14ClN.ClH/c1-11(7-4-8-13-11)9-5-2-3-6-10(9)12;/h2-3,5-6,13H,4,7-8H2,1H3;1H. The molecule has 0 aromatic heterocycles. The molecule has 1 atom stereocenters. The van der Waals surface area contributed by atoms with Crippen LogP contribution in [0, 0.1) is 0 Å². The monoisotopic (exact) mass is 231 g/mol. The lowest BCUT2D eigenvalue weighted by Crippen LogP contribution is -2.33. The fraction of sp³-hybridized carbons (Fsp3) is 0.455. The van der Waals surface area contributed by atoms with E-state index in [-0.39, 0.29) is 17.9 Å². The number of hydrogen-bond acceptors (Lipinski definition) is 1. The van der Waals surface area contributed by atoms with Crippen molar-refractivity contribution < 1.29 is 0 Å². The van der Waals surface area contributed by atoms with Crippen LogP contribution in [0.15, 0.2) is 24.3 Å². The highest BCUT2D eigenvalue weighted by molar-refractivity contribution is 6.31. The summed E-state index contributed by atoms with van der Waals surface area (Å²) in [6, 6.07) is 8.10. The van der Waals surface area contributed by atoms with Crippen molar-refractivity contribution in [2.45, 2.75) is 25.3 Å². The first kappa shape index (κ1) is 11.8. The van der Waals surface area contributed by atoms with E-state index in [1.54, 1.807) is 0 Å². The predicted octanol–water partition coefficient (Wildman–Crippen LogP) is 3.36. The molecule has 3 heteroatoms. The minimum atomic E-state index is 0. The van der Waals surface area contributed by atoms with Crippen molar-refractivity contribution in [1.82, 2.24) is 5.32 Å². The van der Waals surface area contributed by atoms with E-state index in [9.17, 15) is 0 Å². The van der Waals surface area contributed by atoms with E-state index in [0.29, 0.717) is 0 Å². The third kappa shape index (κ3) is 2.05. The molecule has 0 bridgehead atoms. The second kappa shape index (κ2) is 4.52. The molecule has 1 aliphatic rings. The van der Waals surface area contributed by atoms with Crippen molar-refractivity contribution in [2.24, 2.45) is 0 Å². The van der Waals surface area contributed by atoms with Crippen LogP contribution in [0.3, 0.4) is 0 Å². The van der Waals surface area contributed by atoms with Crippen molar-refractivity contribution in [2.75, 3.05) is 6.54 Å². The number of halogens is 2. The Morgan fingerprint density at radius 2 is 2.07 bits per heavy atom. The second-order valence-electron chi connectivity index (χ2n) is 3.84. The molecular weight excluding hydrogens is 217 g/mol. The summed E-state index contributed by atoms with van der Waals surface area (Å²) >= 11 is 6.15. The van der Waals surface area contributed by atoms with Gasteiger partial charge in [-0.1, -0.05) is 29.8 Å². The van der Waals surface area contributed by atoms with Gasteiger partial charge < -0.3 is 5.32 Å². The molecule has 1 heterocycles. The Balaban J connectivity index is 0.000000980. The Morgan fingerprint density at radius 1 is 1.36 bits per heavy atom. The van der Waals surface area contributed by atoms with E-state index in [2.05, 4.69) is 18.3 Å². The van der Waals surface area contributed by atoms with Crippen molar-refractivity contribution in [1.29, 1.82) is 0 Å². The molecule has 0 radical (unpaired) electrons. The topological polar surface area (TPSA) is 12.0 Å². The zero-order chi connectivity index (χ0) is 9.31. The molecule has 78 valence electrons. The first-order chi connectivity index (χ1) is 6.22. The molecule has 1 N–H and O–H groups in total. The maximum absolute atomic E-state index is 6.15. The van der Waals surface area contributed by atoms with E-state index in [0.717, 1.165) is 11.6 Å². The summed E-state index contributed by atoms with van der Waals surface area (Å²) < 4.78 is 0. The number of rotatable bonds is 1. The molecule has 1 aromatic rings. The van der Waals surface area contributed by atoms with Gasteiger partial charge in [0.05, 0.1) is 0 Å². The summed E-state index contributed by atoms with van der Waals surface area (Å²) in [5, 5.41) is 4.38. The van der Waals surface area contributed by atoms with Gasteiger partial charge in [-0.05, 0) is 37.9 Å². The van der Waals surface area contributed by atoms with Crippen LogP contribution in [0.5, 0.6) is 0 Å². The molecule has 1 saturated heterocycles.